The summed E-state index contributed by atoms with van der Waals surface area (Å²) in [6.07, 6.45) is 0. The Bertz CT molecular complexity index is 489. The number of carbonyl (C=O) groups is 1. The number of para-hydroxylation sites is 1. The first kappa shape index (κ1) is 14.8. The molecule has 0 aliphatic carbocycles. The van der Waals surface area contributed by atoms with Crippen molar-refractivity contribution in [2.75, 3.05) is 7.11 Å². The van der Waals surface area contributed by atoms with Crippen LogP contribution in [0.15, 0.2) is 54.6 Å². The molecule has 0 aliphatic heterocycles. The number of carbonyl (C=O) groups excluding carboxylic acids is 1. The SMILES string of the molecule is CC.COC(=O)c1ccc(Oc2ccccc2)cc1. The summed E-state index contributed by atoms with van der Waals surface area (Å²) in [5, 5.41) is 0. The lowest BCUT2D eigenvalue weighted by Crippen LogP contribution is -2.00. The largest absolute Gasteiger partial charge is 0.465 e. The smallest absolute Gasteiger partial charge is 0.337 e. The maximum Gasteiger partial charge on any atom is 0.337 e. The summed E-state index contributed by atoms with van der Waals surface area (Å²) in [7, 11) is 1.36. The molecule has 0 fully saturated rings. The molecule has 2 rings (SSSR count). The van der Waals surface area contributed by atoms with Crippen LogP contribution in [0.5, 0.6) is 11.5 Å². The molecule has 2 aromatic carbocycles. The molecule has 100 valence electrons. The van der Waals surface area contributed by atoms with Gasteiger partial charge in [0.25, 0.3) is 0 Å². The first-order chi connectivity index (χ1) is 9.29. The molecule has 0 radical (unpaired) electrons. The van der Waals surface area contributed by atoms with Crippen LogP contribution in [0.3, 0.4) is 0 Å². The second-order valence-corrected chi connectivity index (χ2v) is 3.43. The zero-order valence-corrected chi connectivity index (χ0v) is 11.4. The average molecular weight is 258 g/mol. The van der Waals surface area contributed by atoms with Gasteiger partial charge in [0, 0.05) is 0 Å². The van der Waals surface area contributed by atoms with E-state index in [0.29, 0.717) is 11.3 Å². The van der Waals surface area contributed by atoms with Crippen molar-refractivity contribution in [3.05, 3.63) is 60.2 Å². The molecule has 0 atom stereocenters. The van der Waals surface area contributed by atoms with Gasteiger partial charge < -0.3 is 9.47 Å². The van der Waals surface area contributed by atoms with Crippen molar-refractivity contribution in [1.29, 1.82) is 0 Å². The Morgan fingerprint density at radius 1 is 0.842 bits per heavy atom. The van der Waals surface area contributed by atoms with Gasteiger partial charge in [-0.3, -0.25) is 0 Å². The van der Waals surface area contributed by atoms with E-state index < -0.39 is 0 Å². The molecule has 19 heavy (non-hydrogen) atoms. The van der Waals surface area contributed by atoms with Gasteiger partial charge in [0.15, 0.2) is 0 Å². The van der Waals surface area contributed by atoms with Crippen LogP contribution in [0.25, 0.3) is 0 Å². The lowest BCUT2D eigenvalue weighted by molar-refractivity contribution is 0.0600. The minimum absolute atomic E-state index is 0.351. The molecule has 0 unspecified atom stereocenters. The Balaban J connectivity index is 0.000000861. The van der Waals surface area contributed by atoms with Crippen LogP contribution >= 0.6 is 0 Å². The van der Waals surface area contributed by atoms with Crippen LogP contribution in [0.1, 0.15) is 24.2 Å². The number of rotatable bonds is 3. The summed E-state index contributed by atoms with van der Waals surface area (Å²) in [6, 6.07) is 16.3. The Hall–Kier alpha value is -2.29. The monoisotopic (exact) mass is 258 g/mol. The highest BCUT2D eigenvalue weighted by atomic mass is 16.5. The van der Waals surface area contributed by atoms with E-state index in [-0.39, 0.29) is 5.97 Å². The van der Waals surface area contributed by atoms with Crippen LogP contribution in [0, 0.1) is 0 Å². The fraction of sp³-hybridized carbons (Fsp3) is 0.188. The third-order valence-electron chi connectivity index (χ3n) is 2.25. The highest BCUT2D eigenvalue weighted by Crippen LogP contribution is 2.21. The zero-order valence-electron chi connectivity index (χ0n) is 11.4. The molecule has 0 saturated carbocycles. The highest BCUT2D eigenvalue weighted by Gasteiger charge is 2.04. The van der Waals surface area contributed by atoms with Crippen LogP contribution in [-0.4, -0.2) is 13.1 Å². The summed E-state index contributed by atoms with van der Waals surface area (Å²) in [5.74, 6) is 1.10. The average Bonchev–Trinajstić information content (AvgIpc) is 2.50. The van der Waals surface area contributed by atoms with Crippen molar-refractivity contribution in [3.63, 3.8) is 0 Å². The molecular formula is C16H18O3. The summed E-state index contributed by atoms with van der Waals surface area (Å²) in [6.45, 7) is 4.00. The summed E-state index contributed by atoms with van der Waals surface area (Å²) >= 11 is 0. The molecule has 3 nitrogen and oxygen atoms in total. The minimum Gasteiger partial charge on any atom is -0.465 e. The molecule has 3 heteroatoms. The molecule has 0 bridgehead atoms. The van der Waals surface area contributed by atoms with Crippen LogP contribution in [0.2, 0.25) is 0 Å². The summed E-state index contributed by atoms with van der Waals surface area (Å²) < 4.78 is 10.2. The van der Waals surface area contributed by atoms with Gasteiger partial charge in [-0.1, -0.05) is 32.0 Å². The van der Waals surface area contributed by atoms with Crippen molar-refractivity contribution in [2.24, 2.45) is 0 Å². The van der Waals surface area contributed by atoms with Gasteiger partial charge in [0.05, 0.1) is 12.7 Å². The number of ether oxygens (including phenoxy) is 2. The Morgan fingerprint density at radius 2 is 1.37 bits per heavy atom. The topological polar surface area (TPSA) is 35.5 Å². The van der Waals surface area contributed by atoms with Crippen LogP contribution < -0.4 is 4.74 Å². The maximum absolute atomic E-state index is 11.2. The van der Waals surface area contributed by atoms with Gasteiger partial charge in [-0.15, -0.1) is 0 Å². The standard InChI is InChI=1S/C14H12O3.C2H6/c1-16-14(15)11-7-9-13(10-8-11)17-12-5-3-2-4-6-12;1-2/h2-10H,1H3;1-2H3. The van der Waals surface area contributed by atoms with Crippen molar-refractivity contribution in [1.82, 2.24) is 0 Å². The Morgan fingerprint density at radius 3 is 1.89 bits per heavy atom. The van der Waals surface area contributed by atoms with Gasteiger partial charge in [0.2, 0.25) is 0 Å². The van der Waals surface area contributed by atoms with Crippen LogP contribution in [0.4, 0.5) is 0 Å². The fourth-order valence-electron chi connectivity index (χ4n) is 1.40. The molecule has 0 heterocycles. The van der Waals surface area contributed by atoms with Gasteiger partial charge in [-0.05, 0) is 36.4 Å². The van der Waals surface area contributed by atoms with E-state index in [2.05, 4.69) is 4.74 Å². The second-order valence-electron chi connectivity index (χ2n) is 3.43. The van der Waals surface area contributed by atoms with E-state index in [4.69, 9.17) is 4.74 Å². The molecule has 0 spiro atoms. The van der Waals surface area contributed by atoms with Crippen molar-refractivity contribution in [2.45, 2.75) is 13.8 Å². The van der Waals surface area contributed by atoms with E-state index >= 15 is 0 Å². The van der Waals surface area contributed by atoms with Gasteiger partial charge in [-0.2, -0.15) is 0 Å². The minimum atomic E-state index is -0.351. The Kier molecular flexibility index (Phi) is 6.16. The number of benzene rings is 2. The first-order valence-corrected chi connectivity index (χ1v) is 6.21. The fourth-order valence-corrected chi connectivity index (χ4v) is 1.40. The predicted molar refractivity (Wildman–Crippen MR) is 75.6 cm³/mol. The van der Waals surface area contributed by atoms with E-state index in [1.807, 2.05) is 44.2 Å². The van der Waals surface area contributed by atoms with E-state index in [1.165, 1.54) is 7.11 Å². The molecule has 0 saturated heterocycles. The first-order valence-electron chi connectivity index (χ1n) is 6.21. The lowest BCUT2D eigenvalue weighted by atomic mass is 10.2. The van der Waals surface area contributed by atoms with Gasteiger partial charge in [0.1, 0.15) is 11.5 Å². The lowest BCUT2D eigenvalue weighted by Gasteiger charge is -2.05. The number of hydrogen-bond donors (Lipinski definition) is 0. The molecule has 0 aliphatic rings. The zero-order chi connectivity index (χ0) is 14.1. The third kappa shape index (κ3) is 4.47. The van der Waals surface area contributed by atoms with Gasteiger partial charge in [-0.25, -0.2) is 4.79 Å². The quantitative estimate of drug-likeness (QED) is 0.770. The third-order valence-corrected chi connectivity index (χ3v) is 2.25. The van der Waals surface area contributed by atoms with Gasteiger partial charge >= 0.3 is 5.97 Å². The molecule has 0 aromatic heterocycles. The van der Waals surface area contributed by atoms with Crippen LogP contribution in [-0.2, 0) is 4.74 Å². The number of hydrogen-bond acceptors (Lipinski definition) is 3. The summed E-state index contributed by atoms with van der Waals surface area (Å²) in [4.78, 5) is 11.2. The highest BCUT2D eigenvalue weighted by molar-refractivity contribution is 5.89. The Labute approximate surface area is 113 Å². The molecule has 0 amide bonds. The van der Waals surface area contributed by atoms with Crippen molar-refractivity contribution < 1.29 is 14.3 Å². The second kappa shape index (κ2) is 7.93. The maximum atomic E-state index is 11.2. The molecule has 0 N–H and O–H groups in total. The number of methoxy groups -OCH3 is 1. The molecular weight excluding hydrogens is 240 g/mol. The number of esters is 1. The van der Waals surface area contributed by atoms with Crippen molar-refractivity contribution in [3.8, 4) is 11.5 Å². The normalized spacial score (nSPS) is 9.00. The predicted octanol–water partition coefficient (Wildman–Crippen LogP) is 4.29. The van der Waals surface area contributed by atoms with Crippen molar-refractivity contribution >= 4 is 5.97 Å². The molecule has 2 aromatic rings. The summed E-state index contributed by atoms with van der Waals surface area (Å²) in [5.41, 5.74) is 0.507. The van der Waals surface area contributed by atoms with E-state index in [0.717, 1.165) is 5.75 Å². The van der Waals surface area contributed by atoms with E-state index in [9.17, 15) is 4.79 Å². The van der Waals surface area contributed by atoms with E-state index in [1.54, 1.807) is 24.3 Å².